The molecule has 2 heterocycles. The lowest BCUT2D eigenvalue weighted by Gasteiger charge is -2.43. The molecule has 0 aromatic rings. The fourth-order valence-electron chi connectivity index (χ4n) is 5.69. The SMILES string of the molecule is NC1=N\C(=O)CCC2(/C=C\1)CCCCCCCCCCC2C1OC(COP(=O)(O)O)C(O)C1O. The number of hydrogen-bond donors (Lipinski definition) is 5. The monoisotopic (exact) mass is 502 g/mol. The van der Waals surface area contributed by atoms with Crippen LogP contribution in [0.4, 0.5) is 0 Å². The summed E-state index contributed by atoms with van der Waals surface area (Å²) in [6.45, 7) is -0.535. The second-order valence-electron chi connectivity index (χ2n) is 9.88. The van der Waals surface area contributed by atoms with Crippen LogP contribution in [0, 0.1) is 11.3 Å². The van der Waals surface area contributed by atoms with Crippen molar-refractivity contribution in [3.05, 3.63) is 12.2 Å². The smallest absolute Gasteiger partial charge is 0.388 e. The number of phosphoric acid groups is 1. The number of aliphatic imine (C=N–C) groups is 1. The zero-order valence-corrected chi connectivity index (χ0v) is 20.5. The zero-order valence-electron chi connectivity index (χ0n) is 19.6. The van der Waals surface area contributed by atoms with Crippen LogP contribution in [-0.2, 0) is 18.6 Å². The first kappa shape index (κ1) is 27.5. The van der Waals surface area contributed by atoms with E-state index in [4.69, 9.17) is 20.3 Å². The number of nitrogens with zero attached hydrogens (tertiary/aromatic N) is 1. The van der Waals surface area contributed by atoms with Gasteiger partial charge in [0.05, 0.1) is 12.7 Å². The largest absolute Gasteiger partial charge is 0.469 e. The molecular formula is C23H39N2O8P. The van der Waals surface area contributed by atoms with Crippen molar-refractivity contribution in [2.24, 2.45) is 22.1 Å². The molecule has 0 aromatic heterocycles. The van der Waals surface area contributed by atoms with Gasteiger partial charge >= 0.3 is 7.82 Å². The zero-order chi connectivity index (χ0) is 24.8. The Morgan fingerprint density at radius 1 is 1.06 bits per heavy atom. The highest BCUT2D eigenvalue weighted by Crippen LogP contribution is 2.49. The van der Waals surface area contributed by atoms with Crippen molar-refractivity contribution in [2.75, 3.05) is 6.61 Å². The summed E-state index contributed by atoms with van der Waals surface area (Å²) in [7, 11) is -4.75. The standard InChI is InChI=1S/C23H39N2O8P/c24-18-10-13-23(14-11-19(26)25-18)12-8-6-4-2-1-3-5-7-9-16(23)22-21(28)20(27)17(33-22)15-32-34(29,30)31/h10,13,16-17,20-22,27-28H,1-9,11-12,14-15H2,(H2,24,25,26)(H2,29,30,31)/b13-10-. The Balaban J connectivity index is 1.92. The van der Waals surface area contributed by atoms with E-state index < -0.39 is 44.3 Å². The molecule has 0 bridgehead atoms. The van der Waals surface area contributed by atoms with Crippen LogP contribution >= 0.6 is 7.82 Å². The number of aliphatic hydroxyl groups excluding tert-OH is 2. The van der Waals surface area contributed by atoms with Crippen molar-refractivity contribution in [3.8, 4) is 0 Å². The molecule has 2 aliphatic heterocycles. The minimum Gasteiger partial charge on any atom is -0.388 e. The van der Waals surface area contributed by atoms with Gasteiger partial charge in [0.1, 0.15) is 24.1 Å². The molecule has 194 valence electrons. The molecule has 1 spiro atoms. The number of rotatable bonds is 4. The second-order valence-corrected chi connectivity index (χ2v) is 11.1. The van der Waals surface area contributed by atoms with Crippen LogP contribution in [0.25, 0.3) is 0 Å². The highest BCUT2D eigenvalue weighted by Gasteiger charge is 2.52. The molecule has 6 unspecified atom stereocenters. The maximum atomic E-state index is 12.3. The predicted octanol–water partition coefficient (Wildman–Crippen LogP) is 2.34. The summed E-state index contributed by atoms with van der Waals surface area (Å²) in [6.07, 6.45) is 10.1. The Morgan fingerprint density at radius 3 is 2.38 bits per heavy atom. The van der Waals surface area contributed by atoms with E-state index in [2.05, 4.69) is 9.52 Å². The normalized spacial score (nSPS) is 39.4. The van der Waals surface area contributed by atoms with Gasteiger partial charge < -0.3 is 30.5 Å². The van der Waals surface area contributed by atoms with Crippen LogP contribution in [0.15, 0.2) is 17.1 Å². The first-order chi connectivity index (χ1) is 16.1. The Hall–Kier alpha value is -1.13. The van der Waals surface area contributed by atoms with E-state index in [1.54, 1.807) is 6.08 Å². The van der Waals surface area contributed by atoms with Crippen molar-refractivity contribution < 1.29 is 38.6 Å². The van der Waals surface area contributed by atoms with Gasteiger partial charge in [-0.25, -0.2) is 4.57 Å². The van der Waals surface area contributed by atoms with Gasteiger partial charge in [0.25, 0.3) is 0 Å². The molecule has 10 nitrogen and oxygen atoms in total. The lowest BCUT2D eigenvalue weighted by molar-refractivity contribution is -0.119. The van der Waals surface area contributed by atoms with E-state index in [1.807, 2.05) is 6.08 Å². The number of carbonyl (C=O) groups is 1. The van der Waals surface area contributed by atoms with Crippen molar-refractivity contribution in [1.82, 2.24) is 0 Å². The van der Waals surface area contributed by atoms with Crippen LogP contribution in [0.3, 0.4) is 0 Å². The van der Waals surface area contributed by atoms with Gasteiger partial charge in [0, 0.05) is 6.42 Å². The van der Waals surface area contributed by atoms with Gasteiger partial charge in [-0.1, -0.05) is 57.4 Å². The molecular weight excluding hydrogens is 463 g/mol. The fraction of sp³-hybridized carbons (Fsp3) is 0.826. The van der Waals surface area contributed by atoms with Crippen LogP contribution in [0.2, 0.25) is 0 Å². The molecule has 0 aromatic carbocycles. The van der Waals surface area contributed by atoms with Gasteiger partial charge in [0.2, 0.25) is 5.91 Å². The number of nitrogens with two attached hydrogens (primary N) is 1. The number of aliphatic hydroxyl groups is 2. The lowest BCUT2D eigenvalue weighted by atomic mass is 9.63. The molecule has 0 radical (unpaired) electrons. The molecule has 34 heavy (non-hydrogen) atoms. The molecule has 1 saturated carbocycles. The number of ether oxygens (including phenoxy) is 1. The molecule has 3 rings (SSSR count). The van der Waals surface area contributed by atoms with Gasteiger partial charge in [-0.3, -0.25) is 9.32 Å². The maximum absolute atomic E-state index is 12.3. The third-order valence-corrected chi connectivity index (χ3v) is 7.98. The Bertz CT molecular complexity index is 800. The minimum absolute atomic E-state index is 0.148. The molecule has 11 heteroatoms. The summed E-state index contributed by atoms with van der Waals surface area (Å²) in [4.78, 5) is 34.3. The molecule has 6 N–H and O–H groups in total. The van der Waals surface area contributed by atoms with Gasteiger partial charge in [-0.05, 0) is 36.7 Å². The molecule has 2 fully saturated rings. The minimum atomic E-state index is -4.75. The highest BCUT2D eigenvalue weighted by atomic mass is 31.2. The van der Waals surface area contributed by atoms with Crippen molar-refractivity contribution in [3.63, 3.8) is 0 Å². The Morgan fingerprint density at radius 2 is 1.71 bits per heavy atom. The topological polar surface area (TPSA) is 172 Å². The average Bonchev–Trinajstić information content (AvgIpc) is 3.03. The maximum Gasteiger partial charge on any atom is 0.469 e. The van der Waals surface area contributed by atoms with E-state index in [1.165, 1.54) is 12.8 Å². The van der Waals surface area contributed by atoms with Gasteiger partial charge in [0.15, 0.2) is 0 Å². The highest BCUT2D eigenvalue weighted by molar-refractivity contribution is 7.46. The summed E-state index contributed by atoms with van der Waals surface area (Å²) in [5.74, 6) is -0.367. The number of amides is 1. The quantitative estimate of drug-likeness (QED) is 0.362. The van der Waals surface area contributed by atoms with E-state index >= 15 is 0 Å². The van der Waals surface area contributed by atoms with E-state index in [0.29, 0.717) is 6.42 Å². The van der Waals surface area contributed by atoms with E-state index in [0.717, 1.165) is 51.4 Å². The molecule has 6 atom stereocenters. The van der Waals surface area contributed by atoms with Gasteiger partial charge in [-0.15, -0.1) is 0 Å². The summed E-state index contributed by atoms with van der Waals surface area (Å²) < 4.78 is 21.8. The average molecular weight is 503 g/mol. The van der Waals surface area contributed by atoms with Crippen LogP contribution in [0.5, 0.6) is 0 Å². The van der Waals surface area contributed by atoms with Crippen LogP contribution in [-0.4, -0.2) is 62.8 Å². The summed E-state index contributed by atoms with van der Waals surface area (Å²) in [5, 5.41) is 21.6. The summed E-state index contributed by atoms with van der Waals surface area (Å²) in [6, 6.07) is 0. The molecule has 1 saturated heterocycles. The number of amidine groups is 1. The van der Waals surface area contributed by atoms with Crippen LogP contribution < -0.4 is 5.73 Å². The number of phosphoric ester groups is 1. The molecule has 1 amide bonds. The van der Waals surface area contributed by atoms with Crippen molar-refractivity contribution in [1.29, 1.82) is 0 Å². The first-order valence-electron chi connectivity index (χ1n) is 12.4. The van der Waals surface area contributed by atoms with E-state index in [-0.39, 0.29) is 24.1 Å². The third kappa shape index (κ3) is 7.43. The number of carbonyl (C=O) groups excluding carboxylic acids is 1. The second kappa shape index (κ2) is 12.2. The number of allylic oxidation sites excluding steroid dienone is 1. The Kier molecular flexibility index (Phi) is 9.86. The van der Waals surface area contributed by atoms with Crippen molar-refractivity contribution in [2.45, 2.75) is 101 Å². The summed E-state index contributed by atoms with van der Waals surface area (Å²) in [5.41, 5.74) is 5.44. The van der Waals surface area contributed by atoms with E-state index in [9.17, 15) is 19.6 Å². The number of hydrogen-bond acceptors (Lipinski definition) is 7. The molecule has 3 aliphatic rings. The van der Waals surface area contributed by atoms with Crippen LogP contribution in [0.1, 0.15) is 77.0 Å². The summed E-state index contributed by atoms with van der Waals surface area (Å²) >= 11 is 0. The fourth-order valence-corrected chi connectivity index (χ4v) is 6.03. The molecule has 1 aliphatic carbocycles. The Labute approximate surface area is 200 Å². The predicted molar refractivity (Wildman–Crippen MR) is 126 cm³/mol. The van der Waals surface area contributed by atoms with Gasteiger partial charge in [-0.2, -0.15) is 4.99 Å². The first-order valence-corrected chi connectivity index (χ1v) is 13.9. The lowest BCUT2D eigenvalue weighted by Crippen LogP contribution is -2.44. The third-order valence-electron chi connectivity index (χ3n) is 7.49. The van der Waals surface area contributed by atoms with Crippen molar-refractivity contribution >= 4 is 19.6 Å².